The average molecular weight is 216 g/mol. The second kappa shape index (κ2) is 7.24. The fraction of sp³-hybridized carbons (Fsp3) is 1.00. The van der Waals surface area contributed by atoms with Crippen LogP contribution in [-0.4, -0.2) is 22.4 Å². The van der Waals surface area contributed by atoms with Crippen LogP contribution in [0.15, 0.2) is 0 Å². The van der Waals surface area contributed by atoms with Crippen LogP contribution in [0.4, 0.5) is 0 Å². The van der Waals surface area contributed by atoms with Crippen molar-refractivity contribution in [2.24, 2.45) is 5.41 Å². The lowest BCUT2D eigenvalue weighted by Crippen LogP contribution is -2.18. The van der Waals surface area contributed by atoms with Crippen LogP contribution in [0.5, 0.6) is 0 Å². The molecule has 0 aliphatic rings. The van der Waals surface area contributed by atoms with Gasteiger partial charge in [-0.3, -0.25) is 0 Å². The first-order valence-electron chi connectivity index (χ1n) is 6.27. The van der Waals surface area contributed by atoms with Gasteiger partial charge in [-0.1, -0.05) is 27.7 Å². The molecule has 2 heteroatoms. The summed E-state index contributed by atoms with van der Waals surface area (Å²) in [6.45, 7) is 8.46. The Morgan fingerprint density at radius 3 is 1.47 bits per heavy atom. The number of aliphatic hydroxyl groups is 2. The Hall–Kier alpha value is -0.0800. The second-order valence-electron chi connectivity index (χ2n) is 5.37. The SMILES string of the molecule is CC[C@@H](O)CCC(C)(C)CC[C@@H](O)CC. The zero-order chi connectivity index (χ0) is 11.9. The average Bonchev–Trinajstić information content (AvgIpc) is 2.22. The molecule has 0 bridgehead atoms. The van der Waals surface area contributed by atoms with E-state index >= 15 is 0 Å². The summed E-state index contributed by atoms with van der Waals surface area (Å²) in [6, 6.07) is 0. The van der Waals surface area contributed by atoms with Crippen molar-refractivity contribution >= 4 is 0 Å². The molecular weight excluding hydrogens is 188 g/mol. The summed E-state index contributed by atoms with van der Waals surface area (Å²) in [5, 5.41) is 19.0. The third kappa shape index (κ3) is 7.80. The first-order chi connectivity index (χ1) is 6.91. The van der Waals surface area contributed by atoms with Gasteiger partial charge in [0.1, 0.15) is 0 Å². The molecule has 15 heavy (non-hydrogen) atoms. The van der Waals surface area contributed by atoms with Gasteiger partial charge in [0.2, 0.25) is 0 Å². The topological polar surface area (TPSA) is 40.5 Å². The molecule has 0 aromatic carbocycles. The summed E-state index contributed by atoms with van der Waals surface area (Å²) in [6.07, 6.45) is 5.22. The van der Waals surface area contributed by atoms with Crippen LogP contribution in [0.3, 0.4) is 0 Å². The molecule has 0 aliphatic carbocycles. The molecule has 0 aromatic heterocycles. The fourth-order valence-electron chi connectivity index (χ4n) is 1.65. The summed E-state index contributed by atoms with van der Waals surface area (Å²) in [7, 11) is 0. The van der Waals surface area contributed by atoms with Crippen molar-refractivity contribution in [1.82, 2.24) is 0 Å². The van der Waals surface area contributed by atoms with Gasteiger partial charge in [-0.05, 0) is 43.9 Å². The number of hydrogen-bond donors (Lipinski definition) is 2. The highest BCUT2D eigenvalue weighted by atomic mass is 16.3. The highest BCUT2D eigenvalue weighted by Gasteiger charge is 2.19. The minimum atomic E-state index is -0.152. The zero-order valence-electron chi connectivity index (χ0n) is 10.8. The van der Waals surface area contributed by atoms with Crippen LogP contribution in [-0.2, 0) is 0 Å². The summed E-state index contributed by atoms with van der Waals surface area (Å²) in [5.41, 5.74) is 0.242. The monoisotopic (exact) mass is 216 g/mol. The van der Waals surface area contributed by atoms with Crippen LogP contribution in [0, 0.1) is 5.41 Å². The molecule has 0 amide bonds. The molecular formula is C13H28O2. The van der Waals surface area contributed by atoms with E-state index < -0.39 is 0 Å². The Morgan fingerprint density at radius 2 is 1.20 bits per heavy atom. The molecule has 0 saturated heterocycles. The van der Waals surface area contributed by atoms with E-state index in [-0.39, 0.29) is 17.6 Å². The molecule has 2 nitrogen and oxygen atoms in total. The zero-order valence-corrected chi connectivity index (χ0v) is 10.8. The van der Waals surface area contributed by atoms with Gasteiger partial charge in [0.15, 0.2) is 0 Å². The van der Waals surface area contributed by atoms with Gasteiger partial charge in [-0.2, -0.15) is 0 Å². The lowest BCUT2D eigenvalue weighted by molar-refractivity contribution is 0.115. The van der Waals surface area contributed by atoms with Crippen LogP contribution >= 0.6 is 0 Å². The third-order valence-electron chi connectivity index (χ3n) is 3.25. The maximum Gasteiger partial charge on any atom is 0.0537 e. The van der Waals surface area contributed by atoms with Gasteiger partial charge in [-0.25, -0.2) is 0 Å². The summed E-state index contributed by atoms with van der Waals surface area (Å²) >= 11 is 0. The Morgan fingerprint density at radius 1 is 0.867 bits per heavy atom. The van der Waals surface area contributed by atoms with E-state index in [1.807, 2.05) is 13.8 Å². The van der Waals surface area contributed by atoms with Crippen LogP contribution in [0.2, 0.25) is 0 Å². The molecule has 0 heterocycles. The van der Waals surface area contributed by atoms with Crippen molar-refractivity contribution in [2.75, 3.05) is 0 Å². The smallest absolute Gasteiger partial charge is 0.0537 e. The van der Waals surface area contributed by atoms with Crippen molar-refractivity contribution in [3.05, 3.63) is 0 Å². The van der Waals surface area contributed by atoms with E-state index in [1.54, 1.807) is 0 Å². The molecule has 0 fully saturated rings. The maximum atomic E-state index is 9.50. The van der Waals surface area contributed by atoms with E-state index in [4.69, 9.17) is 0 Å². The van der Waals surface area contributed by atoms with E-state index in [0.29, 0.717) is 0 Å². The molecule has 0 aromatic rings. The molecule has 0 radical (unpaired) electrons. The van der Waals surface area contributed by atoms with Crippen LogP contribution in [0.1, 0.15) is 66.2 Å². The molecule has 0 unspecified atom stereocenters. The predicted molar refractivity (Wildman–Crippen MR) is 64.8 cm³/mol. The Kier molecular flexibility index (Phi) is 7.20. The fourth-order valence-corrected chi connectivity index (χ4v) is 1.65. The van der Waals surface area contributed by atoms with Crippen molar-refractivity contribution in [2.45, 2.75) is 78.4 Å². The van der Waals surface area contributed by atoms with Crippen molar-refractivity contribution in [3.63, 3.8) is 0 Å². The molecule has 2 atom stereocenters. The first-order valence-corrected chi connectivity index (χ1v) is 6.27. The lowest BCUT2D eigenvalue weighted by atomic mass is 9.81. The van der Waals surface area contributed by atoms with Crippen LogP contribution < -0.4 is 0 Å². The standard InChI is InChI=1S/C13H28O2/c1-5-11(14)7-9-13(3,4)10-8-12(15)6-2/h11-12,14-15H,5-10H2,1-4H3/t11-,12+. The summed E-state index contributed by atoms with van der Waals surface area (Å²) in [5.74, 6) is 0. The highest BCUT2D eigenvalue weighted by molar-refractivity contribution is 4.72. The molecule has 92 valence electrons. The quantitative estimate of drug-likeness (QED) is 0.654. The molecule has 0 saturated carbocycles. The minimum absolute atomic E-state index is 0.152. The first kappa shape index (κ1) is 14.9. The largest absolute Gasteiger partial charge is 0.393 e. The molecule has 0 rings (SSSR count). The molecule has 0 aliphatic heterocycles. The lowest BCUT2D eigenvalue weighted by Gasteiger charge is -2.26. The van der Waals surface area contributed by atoms with Gasteiger partial charge in [0, 0.05) is 0 Å². The Labute approximate surface area is 94.7 Å². The van der Waals surface area contributed by atoms with Gasteiger partial charge in [0.25, 0.3) is 0 Å². The van der Waals surface area contributed by atoms with E-state index in [2.05, 4.69) is 13.8 Å². The van der Waals surface area contributed by atoms with Crippen molar-refractivity contribution in [1.29, 1.82) is 0 Å². The number of aliphatic hydroxyl groups excluding tert-OH is 2. The van der Waals surface area contributed by atoms with Crippen molar-refractivity contribution < 1.29 is 10.2 Å². The molecule has 0 spiro atoms. The van der Waals surface area contributed by atoms with E-state index in [9.17, 15) is 10.2 Å². The Balaban J connectivity index is 3.75. The third-order valence-corrected chi connectivity index (χ3v) is 3.25. The molecule has 2 N–H and O–H groups in total. The van der Waals surface area contributed by atoms with E-state index in [0.717, 1.165) is 38.5 Å². The Bertz CT molecular complexity index is 139. The van der Waals surface area contributed by atoms with Gasteiger partial charge in [0.05, 0.1) is 12.2 Å². The second-order valence-corrected chi connectivity index (χ2v) is 5.37. The highest BCUT2D eigenvalue weighted by Crippen LogP contribution is 2.30. The minimum Gasteiger partial charge on any atom is -0.393 e. The maximum absolute atomic E-state index is 9.50. The van der Waals surface area contributed by atoms with Gasteiger partial charge in [-0.15, -0.1) is 0 Å². The van der Waals surface area contributed by atoms with Gasteiger partial charge < -0.3 is 10.2 Å². The summed E-state index contributed by atoms with van der Waals surface area (Å²) in [4.78, 5) is 0. The summed E-state index contributed by atoms with van der Waals surface area (Å²) < 4.78 is 0. The van der Waals surface area contributed by atoms with E-state index in [1.165, 1.54) is 0 Å². The van der Waals surface area contributed by atoms with Crippen LogP contribution in [0.25, 0.3) is 0 Å². The van der Waals surface area contributed by atoms with Gasteiger partial charge >= 0.3 is 0 Å². The number of hydrogen-bond acceptors (Lipinski definition) is 2. The predicted octanol–water partition coefficient (Wildman–Crippen LogP) is 3.11. The van der Waals surface area contributed by atoms with Crippen molar-refractivity contribution in [3.8, 4) is 0 Å². The normalized spacial score (nSPS) is 16.4. The number of rotatable bonds is 8.